The fraction of sp³-hybridized carbons (Fsp3) is 0.250. The van der Waals surface area contributed by atoms with Gasteiger partial charge in [-0.05, 0) is 26.0 Å². The second-order valence-electron chi connectivity index (χ2n) is 3.71. The Kier molecular flexibility index (Phi) is 2.12. The number of hydrogen-bond acceptors (Lipinski definition) is 1. The Balaban J connectivity index is 2.75. The number of hydrogen-bond donors (Lipinski definition) is 0. The van der Waals surface area contributed by atoms with Crippen LogP contribution in [0, 0.1) is 0 Å². The minimum Gasteiger partial charge on any atom is -0.345 e. The van der Waals surface area contributed by atoms with E-state index in [0.717, 1.165) is 22.8 Å². The van der Waals surface area contributed by atoms with E-state index >= 15 is 0 Å². The molecule has 0 aliphatic carbocycles. The van der Waals surface area contributed by atoms with Crippen LogP contribution in [0.25, 0.3) is 10.9 Å². The number of rotatable bonds is 2. The Bertz CT molecular complexity index is 468. The average Bonchev–Trinajstić information content (AvgIpc) is 2.60. The highest BCUT2D eigenvalue weighted by molar-refractivity contribution is 5.97. The van der Waals surface area contributed by atoms with Crippen molar-refractivity contribution in [3.63, 3.8) is 0 Å². The summed E-state index contributed by atoms with van der Waals surface area (Å²) in [6.07, 6.45) is 2.94. The number of nitrogens with zero attached hydrogens (tertiary/aromatic N) is 1. The van der Waals surface area contributed by atoms with Gasteiger partial charge in [0.2, 0.25) is 0 Å². The van der Waals surface area contributed by atoms with Crippen LogP contribution in [0.15, 0.2) is 30.5 Å². The van der Waals surface area contributed by atoms with E-state index < -0.39 is 0 Å². The molecule has 0 unspecified atom stereocenters. The Labute approximate surface area is 83.2 Å². The summed E-state index contributed by atoms with van der Waals surface area (Å²) in [6.45, 7) is 4.26. The number of carbonyl (C=O) groups is 1. The number of benzene rings is 1. The topological polar surface area (TPSA) is 22.0 Å². The number of carbonyl (C=O) groups excluding carboxylic acids is 1. The van der Waals surface area contributed by atoms with Crippen molar-refractivity contribution < 1.29 is 4.79 Å². The van der Waals surface area contributed by atoms with E-state index in [1.165, 1.54) is 0 Å². The second kappa shape index (κ2) is 3.29. The molecule has 72 valence electrons. The van der Waals surface area contributed by atoms with E-state index in [1.54, 1.807) is 0 Å². The Hall–Kier alpha value is -1.57. The molecule has 0 saturated carbocycles. The zero-order valence-electron chi connectivity index (χ0n) is 8.40. The average molecular weight is 187 g/mol. The molecular weight excluding hydrogens is 174 g/mol. The lowest BCUT2D eigenvalue weighted by Gasteiger charge is -2.08. The maximum Gasteiger partial charge on any atom is 0.150 e. The van der Waals surface area contributed by atoms with Crippen LogP contribution in [0.2, 0.25) is 0 Å². The van der Waals surface area contributed by atoms with Crippen molar-refractivity contribution in [3.05, 3.63) is 36.0 Å². The van der Waals surface area contributed by atoms with Gasteiger partial charge in [-0.3, -0.25) is 4.79 Å². The molecule has 0 aliphatic heterocycles. The predicted octanol–water partition coefficient (Wildman–Crippen LogP) is 3.03. The molecule has 0 radical (unpaired) electrons. The lowest BCUT2D eigenvalue weighted by Crippen LogP contribution is -1.97. The summed E-state index contributed by atoms with van der Waals surface area (Å²) < 4.78 is 2.17. The van der Waals surface area contributed by atoms with Gasteiger partial charge in [-0.1, -0.05) is 12.1 Å². The standard InChI is InChI=1S/C12H13NO/c1-9(2)13-7-6-11-10(8-14)4-3-5-12(11)13/h3-9H,1-2H3. The van der Waals surface area contributed by atoms with E-state index in [1.807, 2.05) is 30.5 Å². The van der Waals surface area contributed by atoms with E-state index in [9.17, 15) is 4.79 Å². The van der Waals surface area contributed by atoms with Crippen molar-refractivity contribution in [1.82, 2.24) is 4.57 Å². The molecule has 1 aromatic heterocycles. The zero-order chi connectivity index (χ0) is 10.1. The van der Waals surface area contributed by atoms with Gasteiger partial charge < -0.3 is 4.57 Å². The minimum absolute atomic E-state index is 0.425. The van der Waals surface area contributed by atoms with Crippen molar-refractivity contribution in [2.75, 3.05) is 0 Å². The fourth-order valence-electron chi connectivity index (χ4n) is 1.77. The quantitative estimate of drug-likeness (QED) is 0.662. The van der Waals surface area contributed by atoms with Crippen molar-refractivity contribution in [2.45, 2.75) is 19.9 Å². The Morgan fingerprint density at radius 2 is 2.07 bits per heavy atom. The van der Waals surface area contributed by atoms with E-state index in [-0.39, 0.29) is 0 Å². The third-order valence-electron chi connectivity index (χ3n) is 2.48. The van der Waals surface area contributed by atoms with Gasteiger partial charge in [-0.2, -0.15) is 0 Å². The largest absolute Gasteiger partial charge is 0.345 e. The molecule has 14 heavy (non-hydrogen) atoms. The molecule has 0 amide bonds. The Morgan fingerprint density at radius 1 is 1.29 bits per heavy atom. The summed E-state index contributed by atoms with van der Waals surface area (Å²) in [7, 11) is 0. The highest BCUT2D eigenvalue weighted by atomic mass is 16.1. The van der Waals surface area contributed by atoms with Crippen LogP contribution >= 0.6 is 0 Å². The molecule has 2 heteroatoms. The third kappa shape index (κ3) is 1.23. The number of aldehydes is 1. The van der Waals surface area contributed by atoms with Gasteiger partial charge in [0.15, 0.2) is 6.29 Å². The molecule has 1 aromatic carbocycles. The van der Waals surface area contributed by atoms with Crippen LogP contribution in [0.1, 0.15) is 30.2 Å². The van der Waals surface area contributed by atoms with Gasteiger partial charge in [0.05, 0.1) is 0 Å². The highest BCUT2D eigenvalue weighted by Crippen LogP contribution is 2.22. The van der Waals surface area contributed by atoms with E-state index in [2.05, 4.69) is 18.4 Å². The molecule has 1 heterocycles. The first kappa shape index (κ1) is 9.00. The molecule has 0 fully saturated rings. The third-order valence-corrected chi connectivity index (χ3v) is 2.48. The van der Waals surface area contributed by atoms with Gasteiger partial charge in [0, 0.05) is 28.7 Å². The van der Waals surface area contributed by atoms with Crippen molar-refractivity contribution >= 4 is 17.2 Å². The summed E-state index contributed by atoms with van der Waals surface area (Å²) in [5.41, 5.74) is 1.89. The maximum atomic E-state index is 10.8. The monoisotopic (exact) mass is 187 g/mol. The first-order chi connectivity index (χ1) is 6.74. The van der Waals surface area contributed by atoms with Gasteiger partial charge >= 0.3 is 0 Å². The maximum absolute atomic E-state index is 10.8. The van der Waals surface area contributed by atoms with Crippen molar-refractivity contribution in [2.24, 2.45) is 0 Å². The summed E-state index contributed by atoms with van der Waals surface area (Å²) in [6, 6.07) is 8.24. The van der Waals surface area contributed by atoms with E-state index in [4.69, 9.17) is 0 Å². The molecule has 2 rings (SSSR count). The van der Waals surface area contributed by atoms with Gasteiger partial charge in [-0.15, -0.1) is 0 Å². The second-order valence-corrected chi connectivity index (χ2v) is 3.71. The number of fused-ring (bicyclic) bond motifs is 1. The minimum atomic E-state index is 0.425. The molecule has 0 spiro atoms. The molecule has 0 saturated heterocycles. The lowest BCUT2D eigenvalue weighted by atomic mass is 10.1. The van der Waals surface area contributed by atoms with Gasteiger partial charge in [0.1, 0.15) is 0 Å². The van der Waals surface area contributed by atoms with Crippen LogP contribution in [0.5, 0.6) is 0 Å². The molecule has 2 nitrogen and oxygen atoms in total. The first-order valence-electron chi connectivity index (χ1n) is 4.79. The summed E-state index contributed by atoms with van der Waals surface area (Å²) in [5, 5.41) is 1.04. The predicted molar refractivity (Wildman–Crippen MR) is 57.7 cm³/mol. The SMILES string of the molecule is CC(C)n1ccc2c(C=O)cccc21. The van der Waals surface area contributed by atoms with Crippen LogP contribution in [-0.4, -0.2) is 10.9 Å². The molecular formula is C12H13NO. The first-order valence-corrected chi connectivity index (χ1v) is 4.79. The van der Waals surface area contributed by atoms with Crippen LogP contribution in [0.3, 0.4) is 0 Å². The fourth-order valence-corrected chi connectivity index (χ4v) is 1.77. The normalized spacial score (nSPS) is 11.1. The number of aromatic nitrogens is 1. The van der Waals surface area contributed by atoms with Crippen molar-refractivity contribution in [1.29, 1.82) is 0 Å². The highest BCUT2D eigenvalue weighted by Gasteiger charge is 2.06. The van der Waals surface area contributed by atoms with Crippen LogP contribution in [0.4, 0.5) is 0 Å². The molecule has 0 bridgehead atoms. The van der Waals surface area contributed by atoms with Crippen molar-refractivity contribution in [3.8, 4) is 0 Å². The molecule has 0 aliphatic rings. The summed E-state index contributed by atoms with van der Waals surface area (Å²) in [4.78, 5) is 10.8. The summed E-state index contributed by atoms with van der Waals surface area (Å²) in [5.74, 6) is 0. The van der Waals surface area contributed by atoms with E-state index in [0.29, 0.717) is 6.04 Å². The molecule has 0 atom stereocenters. The lowest BCUT2D eigenvalue weighted by molar-refractivity contribution is 0.112. The van der Waals surface area contributed by atoms with Crippen LogP contribution < -0.4 is 0 Å². The molecule has 0 N–H and O–H groups in total. The Morgan fingerprint density at radius 3 is 2.71 bits per heavy atom. The van der Waals surface area contributed by atoms with Gasteiger partial charge in [-0.25, -0.2) is 0 Å². The van der Waals surface area contributed by atoms with Gasteiger partial charge in [0.25, 0.3) is 0 Å². The smallest absolute Gasteiger partial charge is 0.150 e. The van der Waals surface area contributed by atoms with Crippen LogP contribution in [-0.2, 0) is 0 Å². The zero-order valence-corrected chi connectivity index (χ0v) is 8.40. The molecule has 2 aromatic rings. The summed E-state index contributed by atoms with van der Waals surface area (Å²) >= 11 is 0.